The second kappa shape index (κ2) is 12.6. The van der Waals surface area contributed by atoms with Gasteiger partial charge in [-0.3, -0.25) is 9.88 Å². The highest BCUT2D eigenvalue weighted by atomic mass is 32.2. The van der Waals surface area contributed by atoms with Crippen molar-refractivity contribution in [3.05, 3.63) is 83.7 Å². The molecule has 0 amide bonds. The Hall–Kier alpha value is -3.42. The minimum Gasteiger partial charge on any atom is -0.495 e. The molecule has 1 N–H and O–H groups in total. The maximum absolute atomic E-state index is 13.7. The second-order valence-corrected chi connectivity index (χ2v) is 11.8. The number of ether oxygens (including phenoxy) is 2. The van der Waals surface area contributed by atoms with E-state index in [-0.39, 0.29) is 35.8 Å². The Balaban J connectivity index is 1.71. The predicted octanol–water partition coefficient (Wildman–Crippen LogP) is 3.39. The van der Waals surface area contributed by atoms with Gasteiger partial charge in [-0.05, 0) is 62.0 Å². The predicted molar refractivity (Wildman–Crippen MR) is 150 cm³/mol. The highest BCUT2D eigenvalue weighted by Crippen LogP contribution is 2.34. The zero-order valence-electron chi connectivity index (χ0n) is 22.7. The average Bonchev–Trinajstić information content (AvgIpc) is 2.94. The summed E-state index contributed by atoms with van der Waals surface area (Å²) in [5.41, 5.74) is 2.47. The summed E-state index contributed by atoms with van der Waals surface area (Å²) in [7, 11) is -0.318. The molecule has 0 saturated heterocycles. The van der Waals surface area contributed by atoms with Crippen LogP contribution in [0.5, 0.6) is 11.5 Å². The van der Waals surface area contributed by atoms with Gasteiger partial charge in [0.25, 0.3) is 0 Å². The van der Waals surface area contributed by atoms with Crippen LogP contribution in [0.1, 0.15) is 30.5 Å². The SMILES string of the molecule is COc1ccccc1C#Cc1ccc2c(c1)O[C@H](CN(C)Cc1ccncc1)[C@@H](C)CN([C@H](C)CO)S2(=O)=O. The van der Waals surface area contributed by atoms with Crippen molar-refractivity contribution in [1.29, 1.82) is 0 Å². The highest BCUT2D eigenvalue weighted by molar-refractivity contribution is 7.89. The maximum Gasteiger partial charge on any atom is 0.247 e. The van der Waals surface area contributed by atoms with Crippen LogP contribution in [0, 0.1) is 17.8 Å². The molecule has 4 rings (SSSR count). The van der Waals surface area contributed by atoms with Crippen LogP contribution in [0.4, 0.5) is 0 Å². The van der Waals surface area contributed by atoms with Crippen molar-refractivity contribution in [1.82, 2.24) is 14.2 Å². The normalized spacial score (nSPS) is 19.5. The molecule has 3 atom stereocenters. The standard InChI is InChI=1S/C30H35N3O5S/c1-22-18-33(23(2)21-34)39(35,36)30-12-10-24(9-11-26-7-5-6-8-27(26)37-4)17-28(30)38-29(22)20-32(3)19-25-13-15-31-16-14-25/h5-8,10,12-17,22-23,29,34H,18-21H2,1-4H3/t22-,23+,29+/m0/s1. The van der Waals surface area contributed by atoms with Gasteiger partial charge in [0.2, 0.25) is 10.0 Å². The third-order valence-corrected chi connectivity index (χ3v) is 8.83. The van der Waals surface area contributed by atoms with Crippen LogP contribution in [-0.4, -0.2) is 73.7 Å². The van der Waals surface area contributed by atoms with Gasteiger partial charge in [-0.2, -0.15) is 4.31 Å². The van der Waals surface area contributed by atoms with Crippen molar-refractivity contribution in [3.63, 3.8) is 0 Å². The number of likely N-dealkylation sites (N-methyl/N-ethyl adjacent to an activating group) is 1. The molecular weight excluding hydrogens is 514 g/mol. The van der Waals surface area contributed by atoms with Crippen LogP contribution in [0.2, 0.25) is 0 Å². The highest BCUT2D eigenvalue weighted by Gasteiger charge is 2.38. The monoisotopic (exact) mass is 549 g/mol. The lowest BCUT2D eigenvalue weighted by Crippen LogP contribution is -2.49. The second-order valence-electron chi connectivity index (χ2n) is 9.90. The first-order valence-corrected chi connectivity index (χ1v) is 14.3. The number of nitrogens with zero attached hydrogens (tertiary/aromatic N) is 3. The summed E-state index contributed by atoms with van der Waals surface area (Å²) in [6.07, 6.45) is 3.22. The number of para-hydroxylation sites is 1. The molecule has 1 aliphatic rings. The van der Waals surface area contributed by atoms with Crippen molar-refractivity contribution in [2.45, 2.75) is 37.4 Å². The number of aromatic nitrogens is 1. The minimum atomic E-state index is -3.92. The van der Waals surface area contributed by atoms with Crippen LogP contribution in [0.15, 0.2) is 71.9 Å². The van der Waals surface area contributed by atoms with E-state index in [4.69, 9.17) is 9.47 Å². The van der Waals surface area contributed by atoms with E-state index in [1.165, 1.54) is 4.31 Å². The van der Waals surface area contributed by atoms with Crippen molar-refractivity contribution in [2.24, 2.45) is 5.92 Å². The quantitative estimate of drug-likeness (QED) is 0.452. The third-order valence-electron chi connectivity index (χ3n) is 6.81. The van der Waals surface area contributed by atoms with Crippen molar-refractivity contribution < 1.29 is 23.0 Å². The Morgan fingerprint density at radius 1 is 1.18 bits per heavy atom. The van der Waals surface area contributed by atoms with Crippen molar-refractivity contribution in [3.8, 4) is 23.3 Å². The van der Waals surface area contributed by atoms with Crippen molar-refractivity contribution in [2.75, 3.05) is 33.9 Å². The van der Waals surface area contributed by atoms with Crippen molar-refractivity contribution >= 4 is 10.0 Å². The van der Waals surface area contributed by atoms with E-state index in [9.17, 15) is 13.5 Å². The minimum absolute atomic E-state index is 0.0688. The molecule has 0 radical (unpaired) electrons. The lowest BCUT2D eigenvalue weighted by molar-refractivity contribution is 0.0733. The smallest absolute Gasteiger partial charge is 0.247 e. The van der Waals surface area contributed by atoms with Gasteiger partial charge in [-0.1, -0.05) is 30.9 Å². The fourth-order valence-corrected chi connectivity index (χ4v) is 6.41. The molecule has 0 spiro atoms. The Morgan fingerprint density at radius 3 is 2.64 bits per heavy atom. The van der Waals surface area contributed by atoms with Gasteiger partial charge in [0.05, 0.1) is 19.3 Å². The molecule has 0 aliphatic carbocycles. The zero-order valence-corrected chi connectivity index (χ0v) is 23.6. The first kappa shape index (κ1) is 28.6. The van der Waals surface area contributed by atoms with E-state index in [1.54, 1.807) is 44.6 Å². The number of aliphatic hydroxyl groups excluding tert-OH is 1. The first-order valence-electron chi connectivity index (χ1n) is 12.9. The lowest BCUT2D eigenvalue weighted by Gasteiger charge is -2.37. The molecule has 0 unspecified atom stereocenters. The number of pyridine rings is 1. The summed E-state index contributed by atoms with van der Waals surface area (Å²) in [4.78, 5) is 6.30. The molecule has 2 aromatic carbocycles. The van der Waals surface area contributed by atoms with Crippen LogP contribution in [0.25, 0.3) is 0 Å². The number of benzene rings is 2. The van der Waals surface area contributed by atoms with Gasteiger partial charge in [0, 0.05) is 49.6 Å². The van der Waals surface area contributed by atoms with E-state index in [1.807, 2.05) is 50.4 Å². The van der Waals surface area contributed by atoms with Crippen LogP contribution in [-0.2, 0) is 16.6 Å². The Labute approximate surface area is 231 Å². The molecule has 8 nitrogen and oxygen atoms in total. The fraction of sp³-hybridized carbons (Fsp3) is 0.367. The lowest BCUT2D eigenvalue weighted by atomic mass is 10.0. The molecule has 0 bridgehead atoms. The fourth-order valence-electron chi connectivity index (χ4n) is 4.58. The van der Waals surface area contributed by atoms with Gasteiger partial charge < -0.3 is 14.6 Å². The Bertz CT molecular complexity index is 1440. The summed E-state index contributed by atoms with van der Waals surface area (Å²) in [6.45, 7) is 4.91. The van der Waals surface area contributed by atoms with Gasteiger partial charge in [0.1, 0.15) is 22.5 Å². The molecule has 3 aromatic rings. The largest absolute Gasteiger partial charge is 0.495 e. The van der Waals surface area contributed by atoms with E-state index in [0.29, 0.717) is 24.4 Å². The van der Waals surface area contributed by atoms with Crippen LogP contribution >= 0.6 is 0 Å². The number of rotatable bonds is 7. The van der Waals surface area contributed by atoms with Gasteiger partial charge in [-0.25, -0.2) is 8.42 Å². The molecular formula is C30H35N3O5S. The summed E-state index contributed by atoms with van der Waals surface area (Å²) in [5.74, 6) is 7.00. The number of methoxy groups -OCH3 is 1. The van der Waals surface area contributed by atoms with E-state index < -0.39 is 16.1 Å². The number of aliphatic hydroxyl groups is 1. The topological polar surface area (TPSA) is 92.2 Å². The molecule has 1 aromatic heterocycles. The molecule has 39 heavy (non-hydrogen) atoms. The number of hydrogen-bond acceptors (Lipinski definition) is 7. The Morgan fingerprint density at radius 2 is 1.92 bits per heavy atom. The Kier molecular flexibility index (Phi) is 9.25. The zero-order chi connectivity index (χ0) is 28.0. The molecule has 2 heterocycles. The molecule has 206 valence electrons. The summed E-state index contributed by atoms with van der Waals surface area (Å²) in [5, 5.41) is 9.88. The average molecular weight is 550 g/mol. The number of sulfonamides is 1. The van der Waals surface area contributed by atoms with E-state index in [2.05, 4.69) is 21.7 Å². The molecule has 0 fully saturated rings. The van der Waals surface area contributed by atoms with Gasteiger partial charge in [-0.15, -0.1) is 0 Å². The van der Waals surface area contributed by atoms with Crippen LogP contribution < -0.4 is 9.47 Å². The number of hydrogen-bond donors (Lipinski definition) is 1. The van der Waals surface area contributed by atoms with Gasteiger partial charge >= 0.3 is 0 Å². The van der Waals surface area contributed by atoms with E-state index in [0.717, 1.165) is 11.1 Å². The van der Waals surface area contributed by atoms with Crippen LogP contribution in [0.3, 0.4) is 0 Å². The summed E-state index contributed by atoms with van der Waals surface area (Å²) < 4.78 is 40.7. The first-order chi connectivity index (χ1) is 18.7. The molecule has 0 saturated carbocycles. The molecule has 9 heteroatoms. The third kappa shape index (κ3) is 6.78. The summed E-state index contributed by atoms with van der Waals surface area (Å²) in [6, 6.07) is 15.7. The maximum atomic E-state index is 13.7. The van der Waals surface area contributed by atoms with E-state index >= 15 is 0 Å². The molecule has 1 aliphatic heterocycles. The summed E-state index contributed by atoms with van der Waals surface area (Å²) >= 11 is 0. The van der Waals surface area contributed by atoms with Gasteiger partial charge in [0.15, 0.2) is 0 Å². The number of fused-ring (bicyclic) bond motifs is 1.